The van der Waals surface area contributed by atoms with E-state index >= 15 is 0 Å². The van der Waals surface area contributed by atoms with Crippen LogP contribution in [0.15, 0.2) is 0 Å². The van der Waals surface area contributed by atoms with Crippen molar-refractivity contribution in [2.24, 2.45) is 0 Å². The summed E-state index contributed by atoms with van der Waals surface area (Å²) in [5.74, 6) is 0. The summed E-state index contributed by atoms with van der Waals surface area (Å²) in [5.41, 5.74) is 0. The van der Waals surface area contributed by atoms with Crippen LogP contribution in [0.2, 0.25) is 0 Å². The van der Waals surface area contributed by atoms with Gasteiger partial charge in [-0.2, -0.15) is 5.26 Å². The molecule has 0 aliphatic carbocycles. The highest BCUT2D eigenvalue weighted by Crippen LogP contribution is 2.25. The number of nitrogens with zero attached hydrogens (tertiary/aromatic N) is 1. The molecule has 0 saturated heterocycles. The summed E-state index contributed by atoms with van der Waals surface area (Å²) in [4.78, 5) is 0.181. The first kappa shape index (κ1) is 8.45. The number of hydrogen-bond acceptors (Lipinski definition) is 1. The third kappa shape index (κ3) is 2.15. The maximum Gasteiger partial charge on any atom is 0.121 e. The average molecular weight is 241 g/mol. The first-order valence-electron chi connectivity index (χ1n) is 2.25. The Kier molecular flexibility index (Phi) is 3.00. The Morgan fingerprint density at radius 2 is 2.12 bits per heavy atom. The molecule has 3 heteroatoms. The number of hydrogen-bond donors (Lipinski definition) is 0. The van der Waals surface area contributed by atoms with Gasteiger partial charge in [-0.25, -0.2) is 0 Å². The number of alkyl halides is 2. The van der Waals surface area contributed by atoms with Crippen LogP contribution >= 0.6 is 31.9 Å². The molecule has 0 amide bonds. The van der Waals surface area contributed by atoms with Crippen molar-refractivity contribution in [3.63, 3.8) is 0 Å². The van der Waals surface area contributed by atoms with E-state index in [0.717, 1.165) is 0 Å². The predicted molar refractivity (Wildman–Crippen MR) is 41.3 cm³/mol. The number of rotatable bonds is 1. The highest BCUT2D eigenvalue weighted by molar-refractivity contribution is 9.12. The van der Waals surface area contributed by atoms with Crippen LogP contribution in [0.5, 0.6) is 0 Å². The maximum absolute atomic E-state index is 8.44. The van der Waals surface area contributed by atoms with Gasteiger partial charge in [0.15, 0.2) is 0 Å². The molecular weight excluding hydrogens is 234 g/mol. The zero-order valence-electron chi connectivity index (χ0n) is 4.78. The van der Waals surface area contributed by atoms with Crippen LogP contribution in [0.25, 0.3) is 0 Å². The Hall–Kier alpha value is 0.450. The zero-order chi connectivity index (χ0) is 6.78. The maximum atomic E-state index is 8.44. The summed E-state index contributed by atoms with van der Waals surface area (Å²) in [6.45, 7) is 3.75. The van der Waals surface area contributed by atoms with Crippen LogP contribution in [0.3, 0.4) is 0 Å². The molecule has 2 atom stereocenters. The van der Waals surface area contributed by atoms with Gasteiger partial charge in [-0.05, 0) is 6.92 Å². The second-order valence-corrected chi connectivity index (χ2v) is 4.82. The molecule has 0 rings (SSSR count). The van der Waals surface area contributed by atoms with E-state index in [-0.39, 0.29) is 4.83 Å². The molecule has 0 aromatic heterocycles. The fourth-order valence-corrected chi connectivity index (χ4v) is 0.191. The minimum Gasteiger partial charge on any atom is -0.197 e. The molecule has 0 aliphatic rings. The van der Waals surface area contributed by atoms with Crippen molar-refractivity contribution in [1.29, 1.82) is 5.26 Å². The molecule has 0 N–H and O–H groups in total. The van der Waals surface area contributed by atoms with Gasteiger partial charge in [-0.15, -0.1) is 0 Å². The van der Waals surface area contributed by atoms with Crippen LogP contribution in [0, 0.1) is 11.3 Å². The van der Waals surface area contributed by atoms with Crippen molar-refractivity contribution in [3.05, 3.63) is 0 Å². The van der Waals surface area contributed by atoms with Gasteiger partial charge in [0, 0.05) is 4.83 Å². The van der Waals surface area contributed by atoms with Gasteiger partial charge in [0.25, 0.3) is 0 Å². The van der Waals surface area contributed by atoms with Crippen LogP contribution in [0.1, 0.15) is 13.8 Å². The smallest absolute Gasteiger partial charge is 0.121 e. The molecule has 0 spiro atoms. The quantitative estimate of drug-likeness (QED) is 0.646. The Balaban J connectivity index is 3.97. The van der Waals surface area contributed by atoms with Crippen molar-refractivity contribution in [3.8, 4) is 6.07 Å². The molecule has 0 aromatic rings. The van der Waals surface area contributed by atoms with E-state index in [1.54, 1.807) is 0 Å². The second kappa shape index (κ2) is 2.84. The summed E-state index contributed by atoms with van der Waals surface area (Å²) in [6.07, 6.45) is 0. The third-order valence-corrected chi connectivity index (χ3v) is 3.36. The van der Waals surface area contributed by atoms with E-state index in [9.17, 15) is 0 Å². The van der Waals surface area contributed by atoms with E-state index in [0.29, 0.717) is 0 Å². The van der Waals surface area contributed by atoms with E-state index < -0.39 is 4.32 Å². The van der Waals surface area contributed by atoms with Crippen molar-refractivity contribution in [2.45, 2.75) is 23.0 Å². The predicted octanol–water partition coefficient (Wildman–Crippen LogP) is 2.45. The summed E-state index contributed by atoms with van der Waals surface area (Å²) < 4.78 is -0.424. The first-order chi connectivity index (χ1) is 3.50. The fourth-order valence-electron chi connectivity index (χ4n) is 0.0889. The SMILES string of the molecule is CC(Br)C(C)(Br)C#N. The summed E-state index contributed by atoms with van der Waals surface area (Å²) in [7, 11) is 0. The van der Waals surface area contributed by atoms with Crippen LogP contribution < -0.4 is 0 Å². The highest BCUT2D eigenvalue weighted by Gasteiger charge is 2.24. The molecule has 0 aromatic carbocycles. The van der Waals surface area contributed by atoms with Gasteiger partial charge in [0.2, 0.25) is 0 Å². The minimum atomic E-state index is -0.424. The lowest BCUT2D eigenvalue weighted by Gasteiger charge is -2.14. The van der Waals surface area contributed by atoms with Crippen molar-refractivity contribution >= 4 is 31.9 Å². The van der Waals surface area contributed by atoms with E-state index in [2.05, 4.69) is 37.9 Å². The summed E-state index contributed by atoms with van der Waals surface area (Å²) >= 11 is 6.52. The zero-order valence-corrected chi connectivity index (χ0v) is 7.95. The molecule has 0 aliphatic heterocycles. The lowest BCUT2D eigenvalue weighted by molar-refractivity contribution is 0.815. The summed E-state index contributed by atoms with van der Waals surface area (Å²) in [6, 6.07) is 2.11. The van der Waals surface area contributed by atoms with Crippen LogP contribution in [0.4, 0.5) is 0 Å². The normalized spacial score (nSPS) is 20.9. The Morgan fingerprint density at radius 3 is 2.12 bits per heavy atom. The van der Waals surface area contributed by atoms with Gasteiger partial charge >= 0.3 is 0 Å². The van der Waals surface area contributed by atoms with E-state index in [4.69, 9.17) is 5.26 Å². The Bertz CT molecular complexity index is 112. The Morgan fingerprint density at radius 1 is 1.75 bits per heavy atom. The van der Waals surface area contributed by atoms with Crippen molar-refractivity contribution in [2.75, 3.05) is 0 Å². The fraction of sp³-hybridized carbons (Fsp3) is 0.800. The van der Waals surface area contributed by atoms with Crippen LogP contribution in [-0.4, -0.2) is 9.15 Å². The molecule has 0 saturated carbocycles. The monoisotopic (exact) mass is 239 g/mol. The molecule has 2 unspecified atom stereocenters. The molecular formula is C5H7Br2N. The van der Waals surface area contributed by atoms with Gasteiger partial charge in [-0.3, -0.25) is 0 Å². The first-order valence-corrected chi connectivity index (χ1v) is 3.96. The van der Waals surface area contributed by atoms with Gasteiger partial charge in [0.05, 0.1) is 6.07 Å². The van der Waals surface area contributed by atoms with E-state index in [1.807, 2.05) is 13.8 Å². The molecule has 0 fully saturated rings. The lowest BCUT2D eigenvalue weighted by Crippen LogP contribution is -2.22. The third-order valence-electron chi connectivity index (χ3n) is 0.966. The Labute approximate surface area is 66.3 Å². The molecule has 1 nitrogen and oxygen atoms in total. The number of nitriles is 1. The van der Waals surface area contributed by atoms with Crippen molar-refractivity contribution < 1.29 is 0 Å². The van der Waals surface area contributed by atoms with E-state index in [1.165, 1.54) is 0 Å². The standard InChI is InChI=1S/C5H7Br2N/c1-4(6)5(2,7)3-8/h4H,1-2H3. The summed E-state index contributed by atoms with van der Waals surface area (Å²) in [5, 5.41) is 8.44. The second-order valence-electron chi connectivity index (χ2n) is 1.80. The van der Waals surface area contributed by atoms with Crippen LogP contribution in [-0.2, 0) is 0 Å². The molecule has 46 valence electrons. The average Bonchev–Trinajstić information content (AvgIpc) is 1.67. The van der Waals surface area contributed by atoms with Gasteiger partial charge in [-0.1, -0.05) is 38.8 Å². The lowest BCUT2D eigenvalue weighted by atomic mass is 10.1. The molecule has 0 heterocycles. The topological polar surface area (TPSA) is 23.8 Å². The molecule has 0 radical (unpaired) electrons. The largest absolute Gasteiger partial charge is 0.197 e. The van der Waals surface area contributed by atoms with Gasteiger partial charge in [0.1, 0.15) is 4.32 Å². The minimum absolute atomic E-state index is 0.181. The van der Waals surface area contributed by atoms with Gasteiger partial charge < -0.3 is 0 Å². The highest BCUT2D eigenvalue weighted by atomic mass is 79.9. The number of halogens is 2. The molecule has 0 bridgehead atoms. The molecule has 8 heavy (non-hydrogen) atoms. The van der Waals surface area contributed by atoms with Crippen molar-refractivity contribution in [1.82, 2.24) is 0 Å².